The molecule has 0 aromatic rings. The van der Waals surface area contributed by atoms with Gasteiger partial charge >= 0.3 is 0 Å². The van der Waals surface area contributed by atoms with Gasteiger partial charge in [0, 0.05) is 0 Å². The molecule has 22 heavy (non-hydrogen) atoms. The van der Waals surface area contributed by atoms with Crippen molar-refractivity contribution in [3.8, 4) is 0 Å². The summed E-state index contributed by atoms with van der Waals surface area (Å²) < 4.78 is 47.6. The molecular formula is C15H31F2NO2SSi. The van der Waals surface area contributed by atoms with Crippen LogP contribution in [0.2, 0.25) is 18.1 Å². The largest absolute Gasteiger partial charge is 0.412 e. The summed E-state index contributed by atoms with van der Waals surface area (Å²) in [4.78, 5) is 0. The van der Waals surface area contributed by atoms with Gasteiger partial charge in [0.15, 0.2) is 8.32 Å². The highest BCUT2D eigenvalue weighted by Gasteiger charge is 2.61. The molecule has 0 unspecified atom stereocenters. The van der Waals surface area contributed by atoms with E-state index in [2.05, 4.69) is 20.8 Å². The number of rotatable bonds is 4. The summed E-state index contributed by atoms with van der Waals surface area (Å²) in [5.74, 6) is -2.84. The Bertz CT molecular complexity index is 444. The van der Waals surface area contributed by atoms with Crippen molar-refractivity contribution in [2.45, 2.75) is 89.4 Å². The first-order valence-corrected chi connectivity index (χ1v) is 11.8. The number of halogens is 2. The van der Waals surface area contributed by atoms with E-state index in [1.54, 1.807) is 27.7 Å². The van der Waals surface area contributed by atoms with Crippen LogP contribution in [0.15, 0.2) is 0 Å². The maximum atomic E-state index is 14.1. The maximum Gasteiger partial charge on any atom is 0.280 e. The van der Waals surface area contributed by atoms with Crippen LogP contribution in [-0.2, 0) is 15.4 Å². The third-order valence-corrected chi connectivity index (χ3v) is 11.0. The molecule has 1 aliphatic rings. The Labute approximate surface area is 137 Å². The van der Waals surface area contributed by atoms with Gasteiger partial charge in [-0.05, 0) is 45.8 Å². The van der Waals surface area contributed by atoms with Gasteiger partial charge in [-0.1, -0.05) is 20.8 Å². The third kappa shape index (κ3) is 3.97. The van der Waals surface area contributed by atoms with Crippen LogP contribution in [-0.4, -0.2) is 46.2 Å². The molecule has 0 N–H and O–H groups in total. The van der Waals surface area contributed by atoms with Crippen molar-refractivity contribution in [2.24, 2.45) is 0 Å². The number of hydrogen-bond acceptors (Lipinski definition) is 2. The standard InChI is InChI=1S/C15H31F2NO2SSi/c1-11(20-22(8,9)14(5,6)7)12-15(16,17)10-18(12)21(19)13(2,3)4/h11-12H,10H2,1-9H3/t11-,12-,21+/m1/s1. The molecule has 0 spiro atoms. The van der Waals surface area contributed by atoms with E-state index in [-0.39, 0.29) is 5.04 Å². The van der Waals surface area contributed by atoms with Gasteiger partial charge in [-0.25, -0.2) is 17.3 Å². The van der Waals surface area contributed by atoms with E-state index in [9.17, 15) is 13.0 Å². The van der Waals surface area contributed by atoms with Crippen molar-refractivity contribution in [3.63, 3.8) is 0 Å². The van der Waals surface area contributed by atoms with Crippen LogP contribution in [0.5, 0.6) is 0 Å². The van der Waals surface area contributed by atoms with Gasteiger partial charge in [0.25, 0.3) is 5.92 Å². The highest BCUT2D eigenvalue weighted by Crippen LogP contribution is 2.44. The second kappa shape index (κ2) is 5.90. The Kier molecular flexibility index (Phi) is 5.41. The maximum absolute atomic E-state index is 14.1. The minimum atomic E-state index is -2.84. The van der Waals surface area contributed by atoms with E-state index in [4.69, 9.17) is 4.43 Å². The average molecular weight is 356 g/mol. The molecule has 1 heterocycles. The Balaban J connectivity index is 2.94. The molecule has 7 heteroatoms. The van der Waals surface area contributed by atoms with Crippen LogP contribution in [0.25, 0.3) is 0 Å². The summed E-state index contributed by atoms with van der Waals surface area (Å²) in [6.07, 6.45) is -0.643. The Morgan fingerprint density at radius 1 is 1.23 bits per heavy atom. The van der Waals surface area contributed by atoms with E-state index in [1.807, 2.05) is 13.1 Å². The lowest BCUT2D eigenvalue weighted by Gasteiger charge is -2.52. The van der Waals surface area contributed by atoms with Gasteiger partial charge in [0.2, 0.25) is 0 Å². The van der Waals surface area contributed by atoms with Crippen molar-refractivity contribution in [2.75, 3.05) is 6.54 Å². The number of nitrogens with zero attached hydrogens (tertiary/aromatic N) is 1. The van der Waals surface area contributed by atoms with Crippen molar-refractivity contribution >= 4 is 19.3 Å². The zero-order valence-electron chi connectivity index (χ0n) is 15.3. The van der Waals surface area contributed by atoms with Gasteiger partial charge in [0.1, 0.15) is 17.0 Å². The quantitative estimate of drug-likeness (QED) is 0.708. The molecular weight excluding hydrogens is 324 g/mol. The molecule has 0 bridgehead atoms. The van der Waals surface area contributed by atoms with Gasteiger partial charge in [-0.15, -0.1) is 0 Å². The molecule has 0 saturated carbocycles. The van der Waals surface area contributed by atoms with Crippen LogP contribution >= 0.6 is 0 Å². The summed E-state index contributed by atoms with van der Waals surface area (Å²) in [7, 11) is -3.60. The Morgan fingerprint density at radius 3 is 2.00 bits per heavy atom. The Hall–Kier alpha value is 0.147. The number of hydrogen-bond donors (Lipinski definition) is 0. The minimum Gasteiger partial charge on any atom is -0.412 e. The first-order chi connectivity index (χ1) is 9.51. The fourth-order valence-corrected chi connectivity index (χ4v) is 5.23. The summed E-state index contributed by atoms with van der Waals surface area (Å²) in [5, 5.41) is -0.0473. The molecule has 3 atom stereocenters. The molecule has 132 valence electrons. The fraction of sp³-hybridized carbons (Fsp3) is 1.00. The van der Waals surface area contributed by atoms with Gasteiger partial charge in [-0.3, -0.25) is 0 Å². The molecule has 1 fully saturated rings. The second-order valence-corrected chi connectivity index (χ2v) is 15.7. The first kappa shape index (κ1) is 20.2. The highest BCUT2D eigenvalue weighted by molar-refractivity contribution is 7.84. The Morgan fingerprint density at radius 2 is 1.68 bits per heavy atom. The third-order valence-electron chi connectivity index (χ3n) is 4.58. The monoisotopic (exact) mass is 355 g/mol. The lowest BCUT2D eigenvalue weighted by atomic mass is 9.97. The van der Waals surface area contributed by atoms with Crippen molar-refractivity contribution in [1.29, 1.82) is 0 Å². The summed E-state index contributed by atoms with van der Waals surface area (Å²) in [5.41, 5.74) is 0. The van der Waals surface area contributed by atoms with Crippen LogP contribution in [0.3, 0.4) is 0 Å². The average Bonchev–Trinajstić information content (AvgIpc) is 2.21. The van der Waals surface area contributed by atoms with Gasteiger partial charge < -0.3 is 4.43 Å². The van der Waals surface area contributed by atoms with Crippen LogP contribution < -0.4 is 0 Å². The highest BCUT2D eigenvalue weighted by atomic mass is 32.2. The van der Waals surface area contributed by atoms with Crippen molar-refractivity contribution in [3.05, 3.63) is 0 Å². The second-order valence-electron chi connectivity index (χ2n) is 8.73. The fourth-order valence-electron chi connectivity index (χ4n) is 2.29. The molecule has 3 nitrogen and oxygen atoms in total. The van der Waals surface area contributed by atoms with Crippen LogP contribution in [0.1, 0.15) is 48.5 Å². The summed E-state index contributed by atoms with van der Waals surface area (Å²) in [6, 6.07) is -1.11. The van der Waals surface area contributed by atoms with Crippen molar-refractivity contribution < 1.29 is 17.4 Å². The van der Waals surface area contributed by atoms with Crippen LogP contribution in [0, 0.1) is 0 Å². The molecule has 1 rings (SSSR count). The normalized spacial score (nSPS) is 26.4. The lowest BCUT2D eigenvalue weighted by Crippen LogP contribution is -2.71. The smallest absolute Gasteiger partial charge is 0.280 e. The lowest BCUT2D eigenvalue weighted by molar-refractivity contribution is -0.174. The number of alkyl halides is 2. The molecule has 1 aliphatic heterocycles. The predicted octanol–water partition coefficient (Wildman–Crippen LogP) is 4.18. The molecule has 0 aliphatic carbocycles. The van der Waals surface area contributed by atoms with Gasteiger partial charge in [-0.2, -0.15) is 0 Å². The molecule has 0 amide bonds. The van der Waals surface area contributed by atoms with Crippen molar-refractivity contribution in [1.82, 2.24) is 4.31 Å². The predicted molar refractivity (Wildman–Crippen MR) is 91.1 cm³/mol. The summed E-state index contributed by atoms with van der Waals surface area (Å²) >= 11 is 0. The van der Waals surface area contributed by atoms with Crippen LogP contribution in [0.4, 0.5) is 8.78 Å². The van der Waals surface area contributed by atoms with E-state index < -0.39 is 48.7 Å². The SMILES string of the molecule is C[C@@H](O[Si](C)(C)C(C)(C)C)[C@H]1N([S@@](=O)C(C)(C)C)CC1(F)F. The zero-order chi connectivity index (χ0) is 17.7. The zero-order valence-corrected chi connectivity index (χ0v) is 17.1. The van der Waals surface area contributed by atoms with E-state index in [0.29, 0.717) is 0 Å². The molecule has 1 saturated heterocycles. The van der Waals surface area contributed by atoms with E-state index in [0.717, 1.165) is 0 Å². The summed E-state index contributed by atoms with van der Waals surface area (Å²) in [6.45, 7) is 17.0. The van der Waals surface area contributed by atoms with E-state index >= 15 is 0 Å². The molecule has 0 aromatic heterocycles. The molecule has 0 radical (unpaired) electrons. The molecule has 0 aromatic carbocycles. The van der Waals surface area contributed by atoms with E-state index in [1.165, 1.54) is 4.31 Å². The first-order valence-electron chi connectivity index (χ1n) is 7.75. The van der Waals surface area contributed by atoms with Gasteiger partial charge in [0.05, 0.1) is 17.4 Å². The minimum absolute atomic E-state index is 0.0473. The topological polar surface area (TPSA) is 29.5 Å².